The highest BCUT2D eigenvalue weighted by atomic mass is 16.6. The number of hydrogen-bond donors (Lipinski definition) is 1. The summed E-state index contributed by atoms with van der Waals surface area (Å²) in [5.41, 5.74) is 2.94. The molecule has 7 nitrogen and oxygen atoms in total. The maximum Gasteiger partial charge on any atom is 0.272 e. The molecule has 3 rings (SSSR count). The Labute approximate surface area is 152 Å². The minimum atomic E-state index is -0.354. The lowest BCUT2D eigenvalue weighted by Gasteiger charge is -2.29. The number of rotatable bonds is 3. The molecule has 7 heteroatoms. The highest BCUT2D eigenvalue weighted by Crippen LogP contribution is 2.23. The van der Waals surface area contributed by atoms with Gasteiger partial charge in [-0.3, -0.25) is 19.8 Å². The zero-order chi connectivity index (χ0) is 19.1. The topological polar surface area (TPSA) is 92.1 Å². The van der Waals surface area contributed by atoms with Crippen LogP contribution in [0.2, 0.25) is 0 Å². The zero-order valence-corrected chi connectivity index (χ0v) is 15.6. The van der Waals surface area contributed by atoms with Crippen LogP contribution < -0.4 is 5.56 Å². The minimum Gasteiger partial charge on any atom is -0.310 e. The van der Waals surface area contributed by atoms with Gasteiger partial charge in [-0.15, -0.1) is 0 Å². The summed E-state index contributed by atoms with van der Waals surface area (Å²) in [6, 6.07) is 5.30. The van der Waals surface area contributed by atoms with E-state index in [1.165, 1.54) is 0 Å². The van der Waals surface area contributed by atoms with Crippen LogP contribution in [0.4, 0.5) is 5.69 Å². The second-order valence-corrected chi connectivity index (χ2v) is 7.93. The molecule has 0 spiro atoms. The molecule has 0 bridgehead atoms. The molecular weight excluding hydrogens is 332 g/mol. The normalized spacial score (nSPS) is 14.9. The Morgan fingerprint density at radius 3 is 2.73 bits per heavy atom. The maximum atomic E-state index is 12.5. The average molecular weight is 356 g/mol. The van der Waals surface area contributed by atoms with Gasteiger partial charge in [0.15, 0.2) is 0 Å². The monoisotopic (exact) mass is 356 g/mol. The predicted octanol–water partition coefficient (Wildman–Crippen LogP) is 2.84. The molecule has 0 unspecified atom stereocenters. The summed E-state index contributed by atoms with van der Waals surface area (Å²) in [5, 5.41) is 11.1. The summed E-state index contributed by atoms with van der Waals surface area (Å²) in [4.78, 5) is 33.0. The molecule has 138 valence electrons. The van der Waals surface area contributed by atoms with Crippen LogP contribution in [0.5, 0.6) is 0 Å². The van der Waals surface area contributed by atoms with E-state index in [1.54, 1.807) is 19.1 Å². The van der Waals surface area contributed by atoms with Crippen LogP contribution in [0.3, 0.4) is 0 Å². The summed E-state index contributed by atoms with van der Waals surface area (Å²) >= 11 is 0. The number of nitro groups is 1. The molecule has 1 aliphatic rings. The SMILES string of the molecule is Cc1ccc(CN2CCc3nc(C(C)(C)C)[nH]c(=O)c3C2)cc1[N+](=O)[O-]. The molecule has 2 aromatic rings. The van der Waals surface area contributed by atoms with E-state index < -0.39 is 0 Å². The van der Waals surface area contributed by atoms with Gasteiger partial charge in [0.25, 0.3) is 11.2 Å². The van der Waals surface area contributed by atoms with Gasteiger partial charge in [0.2, 0.25) is 0 Å². The average Bonchev–Trinajstić information content (AvgIpc) is 2.56. The van der Waals surface area contributed by atoms with E-state index in [1.807, 2.05) is 26.8 Å². The Hall–Kier alpha value is -2.54. The molecular formula is C19H24N4O3. The minimum absolute atomic E-state index is 0.0838. The standard InChI is InChI=1S/C19H24N4O3/c1-12-5-6-13(9-16(12)23(25)26)10-22-8-7-15-14(11-22)17(24)21-18(20-15)19(2,3)4/h5-6,9H,7-8,10-11H2,1-4H3,(H,20,21,24). The number of nitro benzene ring substituents is 1. The van der Waals surface area contributed by atoms with Gasteiger partial charge in [-0.25, -0.2) is 4.98 Å². The number of aryl methyl sites for hydroxylation is 1. The van der Waals surface area contributed by atoms with E-state index in [4.69, 9.17) is 0 Å². The van der Waals surface area contributed by atoms with E-state index in [-0.39, 0.29) is 21.6 Å². The first-order valence-electron chi connectivity index (χ1n) is 8.74. The van der Waals surface area contributed by atoms with Crippen molar-refractivity contribution in [2.75, 3.05) is 6.54 Å². The van der Waals surface area contributed by atoms with Gasteiger partial charge < -0.3 is 4.98 Å². The lowest BCUT2D eigenvalue weighted by molar-refractivity contribution is -0.385. The summed E-state index contributed by atoms with van der Waals surface area (Å²) in [6.45, 7) is 9.65. The summed E-state index contributed by atoms with van der Waals surface area (Å²) in [6.07, 6.45) is 0.705. The van der Waals surface area contributed by atoms with Crippen molar-refractivity contribution in [1.29, 1.82) is 0 Å². The summed E-state index contributed by atoms with van der Waals surface area (Å²) in [7, 11) is 0. The van der Waals surface area contributed by atoms with Crippen LogP contribution >= 0.6 is 0 Å². The van der Waals surface area contributed by atoms with Crippen LogP contribution in [-0.4, -0.2) is 26.3 Å². The number of nitrogens with one attached hydrogen (secondary N) is 1. The number of benzene rings is 1. The quantitative estimate of drug-likeness (QED) is 0.674. The van der Waals surface area contributed by atoms with Crippen LogP contribution in [0.25, 0.3) is 0 Å². The van der Waals surface area contributed by atoms with Crippen molar-refractivity contribution in [2.45, 2.75) is 52.6 Å². The van der Waals surface area contributed by atoms with E-state index in [0.717, 1.165) is 17.8 Å². The van der Waals surface area contributed by atoms with E-state index in [0.29, 0.717) is 36.5 Å². The lowest BCUT2D eigenvalue weighted by atomic mass is 9.95. The molecule has 1 aromatic heterocycles. The first-order chi connectivity index (χ1) is 12.1. The van der Waals surface area contributed by atoms with E-state index in [2.05, 4.69) is 14.9 Å². The van der Waals surface area contributed by atoms with E-state index >= 15 is 0 Å². The van der Waals surface area contributed by atoms with Gasteiger partial charge in [0.1, 0.15) is 5.82 Å². The Kier molecular flexibility index (Phi) is 4.66. The highest BCUT2D eigenvalue weighted by Gasteiger charge is 2.25. The molecule has 0 radical (unpaired) electrons. The number of H-pyrrole nitrogens is 1. The number of aromatic nitrogens is 2. The van der Waals surface area contributed by atoms with Gasteiger partial charge in [0.05, 0.1) is 16.2 Å². The number of aromatic amines is 1. The largest absolute Gasteiger partial charge is 0.310 e. The van der Waals surface area contributed by atoms with Gasteiger partial charge in [-0.2, -0.15) is 0 Å². The molecule has 0 saturated heterocycles. The van der Waals surface area contributed by atoms with Crippen molar-refractivity contribution in [3.8, 4) is 0 Å². The fourth-order valence-electron chi connectivity index (χ4n) is 3.18. The number of fused-ring (bicyclic) bond motifs is 1. The Balaban J connectivity index is 1.82. The van der Waals surface area contributed by atoms with Crippen molar-refractivity contribution in [2.24, 2.45) is 0 Å². The molecule has 0 aliphatic carbocycles. The molecule has 1 aliphatic heterocycles. The fourth-order valence-corrected chi connectivity index (χ4v) is 3.18. The van der Waals surface area contributed by atoms with Crippen molar-refractivity contribution < 1.29 is 4.92 Å². The number of hydrogen-bond acceptors (Lipinski definition) is 5. The molecule has 0 fully saturated rings. The van der Waals surface area contributed by atoms with Gasteiger partial charge in [-0.1, -0.05) is 32.9 Å². The van der Waals surface area contributed by atoms with Crippen LogP contribution in [0.1, 0.15) is 49.0 Å². The molecule has 26 heavy (non-hydrogen) atoms. The summed E-state index contributed by atoms with van der Waals surface area (Å²) < 4.78 is 0. The molecule has 0 saturated carbocycles. The van der Waals surface area contributed by atoms with Crippen molar-refractivity contribution in [3.63, 3.8) is 0 Å². The predicted molar refractivity (Wildman–Crippen MR) is 99.2 cm³/mol. The van der Waals surface area contributed by atoms with Crippen LogP contribution in [-0.2, 0) is 24.9 Å². The third kappa shape index (κ3) is 3.67. The third-order valence-electron chi connectivity index (χ3n) is 4.73. The van der Waals surface area contributed by atoms with Gasteiger partial charge >= 0.3 is 0 Å². The zero-order valence-electron chi connectivity index (χ0n) is 15.6. The molecule has 2 heterocycles. The van der Waals surface area contributed by atoms with E-state index in [9.17, 15) is 14.9 Å². The second kappa shape index (κ2) is 6.64. The Bertz CT molecular complexity index is 912. The Morgan fingerprint density at radius 1 is 1.35 bits per heavy atom. The maximum absolute atomic E-state index is 12.5. The molecule has 0 atom stereocenters. The first kappa shape index (κ1) is 18.3. The van der Waals surface area contributed by atoms with Crippen molar-refractivity contribution in [1.82, 2.24) is 14.9 Å². The smallest absolute Gasteiger partial charge is 0.272 e. The van der Waals surface area contributed by atoms with Crippen LogP contribution in [0, 0.1) is 17.0 Å². The number of nitrogens with zero attached hydrogens (tertiary/aromatic N) is 3. The lowest BCUT2D eigenvalue weighted by Crippen LogP contribution is -2.37. The highest BCUT2D eigenvalue weighted by molar-refractivity contribution is 5.42. The Morgan fingerprint density at radius 2 is 2.08 bits per heavy atom. The third-order valence-corrected chi connectivity index (χ3v) is 4.73. The van der Waals surface area contributed by atoms with Crippen LogP contribution in [0.15, 0.2) is 23.0 Å². The first-order valence-corrected chi connectivity index (χ1v) is 8.74. The van der Waals surface area contributed by atoms with Gasteiger partial charge in [0, 0.05) is 43.1 Å². The molecule has 1 N–H and O–H groups in total. The molecule has 1 aromatic carbocycles. The fraction of sp³-hybridized carbons (Fsp3) is 0.474. The summed E-state index contributed by atoms with van der Waals surface area (Å²) in [5.74, 6) is 0.712. The second-order valence-electron chi connectivity index (χ2n) is 7.93. The van der Waals surface area contributed by atoms with Gasteiger partial charge in [-0.05, 0) is 12.5 Å². The molecule has 0 amide bonds. The van der Waals surface area contributed by atoms with Crippen molar-refractivity contribution in [3.05, 3.63) is 66.9 Å². The van der Waals surface area contributed by atoms with Crippen molar-refractivity contribution >= 4 is 5.69 Å².